The number of nitrogens with zero attached hydrogens (tertiary/aromatic N) is 1. The van der Waals surface area contributed by atoms with E-state index < -0.39 is 0 Å². The second kappa shape index (κ2) is 12.3. The minimum atomic E-state index is -0.342. The molecule has 4 rings (SSSR count). The van der Waals surface area contributed by atoms with E-state index in [1.807, 2.05) is 31.2 Å². The van der Waals surface area contributed by atoms with Gasteiger partial charge in [-0.3, -0.25) is 9.59 Å². The molecule has 0 fully saturated rings. The van der Waals surface area contributed by atoms with Crippen LogP contribution < -0.4 is 15.4 Å². The average molecular weight is 562 g/mol. The molecule has 0 saturated heterocycles. The highest BCUT2D eigenvalue weighted by Crippen LogP contribution is 2.44. The molecule has 6 nitrogen and oxygen atoms in total. The van der Waals surface area contributed by atoms with Crippen molar-refractivity contribution in [2.24, 2.45) is 11.3 Å². The average Bonchev–Trinajstić information content (AvgIpc) is 3.27. The van der Waals surface area contributed by atoms with E-state index in [2.05, 4.69) is 37.5 Å². The molecule has 2 unspecified atom stereocenters. The van der Waals surface area contributed by atoms with Gasteiger partial charge in [-0.15, -0.1) is 23.1 Å². The van der Waals surface area contributed by atoms with Gasteiger partial charge in [0.1, 0.15) is 16.8 Å². The largest absolute Gasteiger partial charge is 0.497 e. The van der Waals surface area contributed by atoms with Crippen LogP contribution in [0.15, 0.2) is 53.4 Å². The fourth-order valence-electron chi connectivity index (χ4n) is 4.80. The summed E-state index contributed by atoms with van der Waals surface area (Å²) >= 11 is 3.01. The van der Waals surface area contributed by atoms with Crippen LogP contribution in [0.5, 0.6) is 5.75 Å². The Morgan fingerprint density at radius 3 is 2.56 bits per heavy atom. The quantitative estimate of drug-likeness (QED) is 0.277. The summed E-state index contributed by atoms with van der Waals surface area (Å²) in [6, 6.07) is 16.8. The molecule has 2 atom stereocenters. The number of rotatable bonds is 8. The lowest BCUT2D eigenvalue weighted by molar-refractivity contribution is -0.115. The summed E-state index contributed by atoms with van der Waals surface area (Å²) in [6.45, 7) is 8.79. The van der Waals surface area contributed by atoms with Crippen LogP contribution in [0.3, 0.4) is 0 Å². The molecular formula is C31H35N3O3S2. The molecular weight excluding hydrogens is 526 g/mol. The molecule has 0 spiro atoms. The highest BCUT2D eigenvalue weighted by atomic mass is 32.2. The van der Waals surface area contributed by atoms with E-state index in [9.17, 15) is 14.9 Å². The summed E-state index contributed by atoms with van der Waals surface area (Å²) in [4.78, 5) is 28.1. The van der Waals surface area contributed by atoms with E-state index in [0.29, 0.717) is 39.9 Å². The van der Waals surface area contributed by atoms with Gasteiger partial charge in [0.25, 0.3) is 5.91 Å². The molecule has 0 bridgehead atoms. The lowest BCUT2D eigenvalue weighted by Crippen LogP contribution is -2.26. The Balaban J connectivity index is 1.44. The van der Waals surface area contributed by atoms with Crippen molar-refractivity contribution in [3.05, 3.63) is 70.1 Å². The number of methoxy groups -OCH3 is 1. The molecule has 39 heavy (non-hydrogen) atoms. The van der Waals surface area contributed by atoms with E-state index in [-0.39, 0.29) is 22.5 Å². The topological polar surface area (TPSA) is 91.2 Å². The molecule has 1 aliphatic carbocycles. The fourth-order valence-corrected chi connectivity index (χ4v) is 7.10. The van der Waals surface area contributed by atoms with Gasteiger partial charge in [0.2, 0.25) is 5.91 Å². The summed E-state index contributed by atoms with van der Waals surface area (Å²) in [5.41, 5.74) is 3.13. The number of thioether (sulfide) groups is 1. The number of ether oxygens (including phenoxy) is 1. The number of nitriles is 1. The molecule has 0 saturated carbocycles. The Bertz CT molecular complexity index is 1380. The van der Waals surface area contributed by atoms with E-state index >= 15 is 0 Å². The Labute approximate surface area is 239 Å². The number of carbonyl (C=O) groups is 2. The van der Waals surface area contributed by atoms with Crippen LogP contribution in [-0.4, -0.2) is 24.2 Å². The second-order valence-corrected chi connectivity index (χ2v) is 13.2. The molecule has 2 aromatic carbocycles. The molecule has 1 aliphatic rings. The summed E-state index contributed by atoms with van der Waals surface area (Å²) in [7, 11) is 1.58. The van der Waals surface area contributed by atoms with E-state index in [4.69, 9.17) is 4.74 Å². The Morgan fingerprint density at radius 1 is 1.18 bits per heavy atom. The zero-order valence-electron chi connectivity index (χ0n) is 23.1. The molecule has 1 aromatic heterocycles. The third-order valence-electron chi connectivity index (χ3n) is 7.22. The lowest BCUT2D eigenvalue weighted by atomic mass is 9.72. The number of fused-ring (bicyclic) bond motifs is 1. The highest BCUT2D eigenvalue weighted by molar-refractivity contribution is 8.00. The van der Waals surface area contributed by atoms with Gasteiger partial charge < -0.3 is 15.4 Å². The Hall–Kier alpha value is -3.28. The van der Waals surface area contributed by atoms with Crippen LogP contribution in [0.25, 0.3) is 0 Å². The Morgan fingerprint density at radius 2 is 1.92 bits per heavy atom. The zero-order valence-corrected chi connectivity index (χ0v) is 24.7. The fraction of sp³-hybridized carbons (Fsp3) is 0.387. The molecule has 2 N–H and O–H groups in total. The molecule has 2 amide bonds. The van der Waals surface area contributed by atoms with Crippen molar-refractivity contribution in [3.63, 3.8) is 0 Å². The third-order valence-corrected chi connectivity index (χ3v) is 9.75. The van der Waals surface area contributed by atoms with Crippen LogP contribution in [0.4, 0.5) is 10.7 Å². The first-order valence-electron chi connectivity index (χ1n) is 13.2. The molecule has 0 aliphatic heterocycles. The minimum Gasteiger partial charge on any atom is -0.497 e. The molecule has 3 aromatic rings. The van der Waals surface area contributed by atoms with E-state index in [0.717, 1.165) is 29.7 Å². The summed E-state index contributed by atoms with van der Waals surface area (Å²) in [5, 5.41) is 16.2. The van der Waals surface area contributed by atoms with Crippen molar-refractivity contribution in [2.45, 2.75) is 63.5 Å². The van der Waals surface area contributed by atoms with Crippen molar-refractivity contribution in [1.29, 1.82) is 5.26 Å². The highest BCUT2D eigenvalue weighted by Gasteiger charge is 2.33. The minimum absolute atomic E-state index is 0.113. The molecule has 204 valence electrons. The van der Waals surface area contributed by atoms with Crippen molar-refractivity contribution in [1.82, 2.24) is 0 Å². The summed E-state index contributed by atoms with van der Waals surface area (Å²) < 4.78 is 5.16. The second-order valence-electron chi connectivity index (χ2n) is 10.8. The SMILES string of the molecule is CCC(Sc1cccc(NC(=O)c2ccc(OC)cc2)c1)C(=O)Nc1sc2c(c1C#N)CCC(C(C)(C)C)C2. The maximum atomic E-state index is 13.3. The molecule has 8 heteroatoms. The number of thiophene rings is 1. The van der Waals surface area contributed by atoms with Crippen LogP contribution >= 0.6 is 23.1 Å². The van der Waals surface area contributed by atoms with Gasteiger partial charge in [-0.2, -0.15) is 5.26 Å². The van der Waals surface area contributed by atoms with E-state index in [1.54, 1.807) is 42.7 Å². The van der Waals surface area contributed by atoms with Crippen LogP contribution in [-0.2, 0) is 17.6 Å². The predicted molar refractivity (Wildman–Crippen MR) is 160 cm³/mol. The maximum absolute atomic E-state index is 13.3. The lowest BCUT2D eigenvalue weighted by Gasteiger charge is -2.33. The smallest absolute Gasteiger partial charge is 0.255 e. The number of hydrogen-bond acceptors (Lipinski definition) is 6. The van der Waals surface area contributed by atoms with Crippen LogP contribution in [0.1, 0.15) is 66.9 Å². The normalized spacial score (nSPS) is 15.5. The number of amides is 2. The van der Waals surface area contributed by atoms with Crippen molar-refractivity contribution in [2.75, 3.05) is 17.7 Å². The van der Waals surface area contributed by atoms with Gasteiger partial charge in [0.05, 0.1) is 17.9 Å². The number of carbonyl (C=O) groups excluding carboxylic acids is 2. The number of hydrogen-bond donors (Lipinski definition) is 2. The van der Waals surface area contributed by atoms with Gasteiger partial charge in [-0.05, 0) is 85.0 Å². The summed E-state index contributed by atoms with van der Waals surface area (Å²) in [5.74, 6) is 0.921. The maximum Gasteiger partial charge on any atom is 0.255 e. The molecule has 0 radical (unpaired) electrons. The van der Waals surface area contributed by atoms with Crippen molar-refractivity contribution in [3.8, 4) is 11.8 Å². The zero-order chi connectivity index (χ0) is 28.2. The Kier molecular flexibility index (Phi) is 9.04. The van der Waals surface area contributed by atoms with Gasteiger partial charge in [-0.25, -0.2) is 0 Å². The van der Waals surface area contributed by atoms with Crippen molar-refractivity contribution < 1.29 is 14.3 Å². The first-order chi connectivity index (χ1) is 18.6. The van der Waals surface area contributed by atoms with Gasteiger partial charge >= 0.3 is 0 Å². The first kappa shape index (κ1) is 28.7. The number of anilines is 2. The van der Waals surface area contributed by atoms with Crippen LogP contribution in [0.2, 0.25) is 0 Å². The summed E-state index contributed by atoms with van der Waals surface area (Å²) in [6.07, 6.45) is 3.52. The number of benzene rings is 2. The van der Waals surface area contributed by atoms with Crippen molar-refractivity contribution >= 4 is 45.6 Å². The van der Waals surface area contributed by atoms with Gasteiger partial charge in [-0.1, -0.05) is 33.8 Å². The number of nitrogens with one attached hydrogen (secondary N) is 2. The molecule has 1 heterocycles. The van der Waals surface area contributed by atoms with Gasteiger partial charge in [0, 0.05) is 21.0 Å². The monoisotopic (exact) mass is 561 g/mol. The first-order valence-corrected chi connectivity index (χ1v) is 14.9. The van der Waals surface area contributed by atoms with Crippen LogP contribution in [0, 0.1) is 22.7 Å². The van der Waals surface area contributed by atoms with E-state index in [1.165, 1.54) is 16.6 Å². The third kappa shape index (κ3) is 6.84. The standard InChI is InChI=1S/C31H35N3O3S2/c1-6-26(29(36)34-30-25(18-32)24-15-12-20(31(2,3)4)16-27(24)39-30)38-23-9-7-8-21(17-23)33-28(35)19-10-13-22(37-5)14-11-19/h7-11,13-14,17,20,26H,6,12,15-16H2,1-5H3,(H,33,35)(H,34,36). The predicted octanol–water partition coefficient (Wildman–Crippen LogP) is 7.54. The van der Waals surface area contributed by atoms with Gasteiger partial charge in [0.15, 0.2) is 0 Å².